The van der Waals surface area contributed by atoms with Gasteiger partial charge in [0.05, 0.1) is 43.4 Å². The molecular weight excluding hydrogens is 532 g/mol. The number of benzene rings is 3. The van der Waals surface area contributed by atoms with E-state index >= 15 is 0 Å². The minimum atomic E-state index is -0.351. The number of hydrogen-bond acceptors (Lipinski definition) is 7. The van der Waals surface area contributed by atoms with Gasteiger partial charge in [-0.2, -0.15) is 0 Å². The second kappa shape index (κ2) is 13.5. The van der Waals surface area contributed by atoms with Crippen LogP contribution in [0.4, 0.5) is 11.4 Å². The normalized spacial score (nSPS) is 10.5. The molecule has 0 fully saturated rings. The van der Waals surface area contributed by atoms with E-state index in [9.17, 15) is 9.59 Å². The van der Waals surface area contributed by atoms with Crippen molar-refractivity contribution >= 4 is 52.5 Å². The average Bonchev–Trinajstić information content (AvgIpc) is 3.26. The standard InChI is InChI=1S/C29H32N6O4.ClH/c1-4-39-27(36)14-15-35(21-8-6-5-7-9-21)29(37)20-11-13-24-23(16-20)33-26(34(24)2)18-32-22-12-10-19(28(30)31)17-25(22)38-3;/h5-13,16-17,32H,4,14-15,18H2,1-3H3,(H3,30,31);1H. The minimum Gasteiger partial charge on any atom is -0.495 e. The predicted molar refractivity (Wildman–Crippen MR) is 159 cm³/mol. The van der Waals surface area contributed by atoms with Gasteiger partial charge in [-0.15, -0.1) is 12.4 Å². The Morgan fingerprint density at radius 2 is 1.80 bits per heavy atom. The van der Waals surface area contributed by atoms with Gasteiger partial charge >= 0.3 is 5.97 Å². The molecule has 1 aromatic heterocycles. The summed E-state index contributed by atoms with van der Waals surface area (Å²) in [6.07, 6.45) is 0.0903. The zero-order valence-electron chi connectivity index (χ0n) is 22.6. The van der Waals surface area contributed by atoms with Gasteiger partial charge in [-0.25, -0.2) is 4.98 Å². The highest BCUT2D eigenvalue weighted by atomic mass is 35.5. The van der Waals surface area contributed by atoms with Crippen molar-refractivity contribution in [2.75, 3.05) is 30.5 Å². The number of hydrogen-bond donors (Lipinski definition) is 3. The van der Waals surface area contributed by atoms with Crippen LogP contribution in [0.3, 0.4) is 0 Å². The molecule has 0 aliphatic rings. The first-order chi connectivity index (χ1) is 18.8. The first kappa shape index (κ1) is 30.0. The number of aromatic nitrogens is 2. The van der Waals surface area contributed by atoms with Gasteiger partial charge < -0.3 is 30.0 Å². The summed E-state index contributed by atoms with van der Waals surface area (Å²) in [5, 5.41) is 11.0. The van der Waals surface area contributed by atoms with Crippen LogP contribution in [-0.4, -0.2) is 47.5 Å². The molecule has 4 N–H and O–H groups in total. The lowest BCUT2D eigenvalue weighted by atomic mass is 10.1. The Balaban J connectivity index is 0.00000441. The fourth-order valence-electron chi connectivity index (χ4n) is 4.27. The molecule has 0 saturated heterocycles. The van der Waals surface area contributed by atoms with E-state index in [0.717, 1.165) is 17.0 Å². The van der Waals surface area contributed by atoms with Gasteiger partial charge in [-0.05, 0) is 55.5 Å². The third kappa shape index (κ3) is 6.70. The Labute approximate surface area is 239 Å². The molecule has 11 heteroatoms. The number of fused-ring (bicyclic) bond motifs is 1. The molecule has 10 nitrogen and oxygen atoms in total. The van der Waals surface area contributed by atoms with Gasteiger partial charge in [0.2, 0.25) is 0 Å². The first-order valence-electron chi connectivity index (χ1n) is 12.6. The van der Waals surface area contributed by atoms with E-state index < -0.39 is 0 Å². The van der Waals surface area contributed by atoms with Crippen molar-refractivity contribution in [3.63, 3.8) is 0 Å². The van der Waals surface area contributed by atoms with Crippen molar-refractivity contribution < 1.29 is 19.1 Å². The van der Waals surface area contributed by atoms with Crippen LogP contribution in [0.15, 0.2) is 66.7 Å². The van der Waals surface area contributed by atoms with Crippen molar-refractivity contribution in [2.45, 2.75) is 19.9 Å². The van der Waals surface area contributed by atoms with E-state index in [1.807, 2.05) is 54.1 Å². The smallest absolute Gasteiger partial charge is 0.307 e. The van der Waals surface area contributed by atoms with Crippen LogP contribution < -0.4 is 20.7 Å². The van der Waals surface area contributed by atoms with Crippen molar-refractivity contribution in [2.24, 2.45) is 12.8 Å². The molecule has 0 bridgehead atoms. The van der Waals surface area contributed by atoms with Crippen LogP contribution >= 0.6 is 12.4 Å². The summed E-state index contributed by atoms with van der Waals surface area (Å²) in [7, 11) is 3.48. The second-order valence-corrected chi connectivity index (χ2v) is 8.82. The van der Waals surface area contributed by atoms with Crippen molar-refractivity contribution in [1.29, 1.82) is 5.41 Å². The van der Waals surface area contributed by atoms with Crippen LogP contribution in [0.5, 0.6) is 5.75 Å². The Bertz CT molecular complexity index is 1510. The number of nitrogens with zero attached hydrogens (tertiary/aromatic N) is 3. The van der Waals surface area contributed by atoms with Gasteiger partial charge in [0.1, 0.15) is 17.4 Å². The number of para-hydroxylation sites is 1. The SMILES string of the molecule is CCOC(=O)CCN(C(=O)c1ccc2c(c1)nc(CNc1ccc(C(=N)N)cc1OC)n2C)c1ccccc1.Cl. The molecule has 0 spiro atoms. The van der Waals surface area contributed by atoms with Crippen molar-refractivity contribution in [3.8, 4) is 5.75 Å². The Kier molecular flexibility index (Phi) is 10.1. The number of halogens is 1. The molecule has 4 aromatic rings. The van der Waals surface area contributed by atoms with E-state index in [4.69, 9.17) is 25.6 Å². The molecule has 0 aliphatic carbocycles. The number of amides is 1. The number of anilines is 2. The lowest BCUT2D eigenvalue weighted by molar-refractivity contribution is -0.142. The number of nitrogens with two attached hydrogens (primary N) is 1. The second-order valence-electron chi connectivity index (χ2n) is 8.82. The number of aryl methyl sites for hydroxylation is 1. The van der Waals surface area contributed by atoms with Gasteiger partial charge in [-0.3, -0.25) is 15.0 Å². The number of carbonyl (C=O) groups excluding carboxylic acids is 2. The Hall–Kier alpha value is -4.57. The number of methoxy groups -OCH3 is 1. The largest absolute Gasteiger partial charge is 0.495 e. The molecule has 1 amide bonds. The van der Waals surface area contributed by atoms with E-state index in [-0.39, 0.29) is 43.1 Å². The molecule has 0 unspecified atom stereocenters. The van der Waals surface area contributed by atoms with Crippen molar-refractivity contribution in [3.05, 3.63) is 83.7 Å². The zero-order chi connectivity index (χ0) is 27.9. The molecule has 1 heterocycles. The lowest BCUT2D eigenvalue weighted by Crippen LogP contribution is -2.33. The summed E-state index contributed by atoms with van der Waals surface area (Å²) in [6.45, 7) is 2.65. The van der Waals surface area contributed by atoms with E-state index in [2.05, 4.69) is 5.32 Å². The third-order valence-electron chi connectivity index (χ3n) is 6.33. The highest BCUT2D eigenvalue weighted by Gasteiger charge is 2.21. The summed E-state index contributed by atoms with van der Waals surface area (Å²) in [5.74, 6) is 0.712. The van der Waals surface area contributed by atoms with Gasteiger partial charge in [0.15, 0.2) is 0 Å². The summed E-state index contributed by atoms with van der Waals surface area (Å²) >= 11 is 0. The Morgan fingerprint density at radius 3 is 2.48 bits per heavy atom. The van der Waals surface area contributed by atoms with Crippen LogP contribution in [0.1, 0.15) is 35.1 Å². The molecule has 210 valence electrons. The monoisotopic (exact) mass is 564 g/mol. The lowest BCUT2D eigenvalue weighted by Gasteiger charge is -2.22. The molecule has 0 saturated carbocycles. The number of esters is 1. The van der Waals surface area contributed by atoms with Gasteiger partial charge in [-0.1, -0.05) is 18.2 Å². The highest BCUT2D eigenvalue weighted by molar-refractivity contribution is 6.07. The summed E-state index contributed by atoms with van der Waals surface area (Å²) in [6, 6.07) is 19.9. The number of nitrogens with one attached hydrogen (secondary N) is 2. The van der Waals surface area contributed by atoms with E-state index in [1.165, 1.54) is 0 Å². The highest BCUT2D eigenvalue weighted by Crippen LogP contribution is 2.27. The number of carbonyl (C=O) groups is 2. The third-order valence-corrected chi connectivity index (χ3v) is 6.33. The quantitative estimate of drug-likeness (QED) is 0.139. The minimum absolute atomic E-state index is 0. The number of amidine groups is 1. The molecule has 0 radical (unpaired) electrons. The number of imidazole rings is 1. The average molecular weight is 565 g/mol. The fraction of sp³-hybridized carbons (Fsp3) is 0.241. The van der Waals surface area contributed by atoms with Crippen LogP contribution in [0, 0.1) is 5.41 Å². The van der Waals surface area contributed by atoms with Gasteiger partial charge in [0, 0.05) is 30.4 Å². The van der Waals surface area contributed by atoms with Crippen LogP contribution in [-0.2, 0) is 23.1 Å². The van der Waals surface area contributed by atoms with Crippen LogP contribution in [0.2, 0.25) is 0 Å². The van der Waals surface area contributed by atoms with Crippen molar-refractivity contribution in [1.82, 2.24) is 9.55 Å². The number of ether oxygens (including phenoxy) is 2. The maximum atomic E-state index is 13.6. The molecule has 40 heavy (non-hydrogen) atoms. The predicted octanol–water partition coefficient (Wildman–Crippen LogP) is 4.50. The topological polar surface area (TPSA) is 136 Å². The van der Waals surface area contributed by atoms with Gasteiger partial charge in [0.25, 0.3) is 5.91 Å². The summed E-state index contributed by atoms with van der Waals surface area (Å²) < 4.78 is 12.5. The molecule has 4 rings (SSSR count). The first-order valence-corrected chi connectivity index (χ1v) is 12.6. The summed E-state index contributed by atoms with van der Waals surface area (Å²) in [5.41, 5.74) is 9.62. The van der Waals surface area contributed by atoms with E-state index in [1.54, 1.807) is 43.2 Å². The number of nitrogen functional groups attached to an aromatic ring is 1. The molecule has 0 aliphatic heterocycles. The number of rotatable bonds is 11. The fourth-order valence-corrected chi connectivity index (χ4v) is 4.27. The molecule has 0 atom stereocenters. The molecular formula is C29H33ClN6O4. The van der Waals surface area contributed by atoms with Crippen LogP contribution in [0.25, 0.3) is 11.0 Å². The zero-order valence-corrected chi connectivity index (χ0v) is 23.5. The molecule has 3 aromatic carbocycles. The maximum Gasteiger partial charge on any atom is 0.307 e. The maximum absolute atomic E-state index is 13.6. The Morgan fingerprint density at radius 1 is 1.07 bits per heavy atom. The van der Waals surface area contributed by atoms with E-state index in [0.29, 0.717) is 41.2 Å². The summed E-state index contributed by atoms with van der Waals surface area (Å²) in [4.78, 5) is 31.9.